The van der Waals surface area contributed by atoms with E-state index in [0.717, 1.165) is 12.1 Å². The van der Waals surface area contributed by atoms with Crippen molar-refractivity contribution in [3.63, 3.8) is 0 Å². The lowest BCUT2D eigenvalue weighted by Crippen LogP contribution is -2.30. The van der Waals surface area contributed by atoms with Crippen LogP contribution in [-0.4, -0.2) is 15.7 Å². The fourth-order valence-electron chi connectivity index (χ4n) is 1.78. The van der Waals surface area contributed by atoms with Gasteiger partial charge in [0.2, 0.25) is 5.91 Å². The van der Waals surface area contributed by atoms with Crippen LogP contribution in [0.1, 0.15) is 24.1 Å². The van der Waals surface area contributed by atoms with Crippen LogP contribution in [-0.2, 0) is 17.5 Å². The lowest BCUT2D eigenvalue weighted by Gasteiger charge is -2.13. The first-order chi connectivity index (χ1) is 9.88. The minimum Gasteiger partial charge on any atom is -0.350 e. The highest BCUT2D eigenvalue weighted by Gasteiger charge is 2.29. The molecular weight excluding hydrogens is 283 g/mol. The van der Waals surface area contributed by atoms with Gasteiger partial charge >= 0.3 is 6.18 Å². The number of rotatable bonds is 4. The van der Waals surface area contributed by atoms with Crippen molar-refractivity contribution in [2.24, 2.45) is 0 Å². The molecule has 1 heterocycles. The van der Waals surface area contributed by atoms with Gasteiger partial charge in [0.1, 0.15) is 6.04 Å². The lowest BCUT2D eigenvalue weighted by atomic mass is 10.1. The number of halogens is 3. The molecule has 1 aromatic carbocycles. The highest BCUT2D eigenvalue weighted by atomic mass is 19.4. The lowest BCUT2D eigenvalue weighted by molar-refractivity contribution is -0.137. The average Bonchev–Trinajstić information content (AvgIpc) is 2.97. The van der Waals surface area contributed by atoms with Crippen LogP contribution in [0.25, 0.3) is 0 Å². The van der Waals surface area contributed by atoms with Crippen molar-refractivity contribution in [2.75, 3.05) is 0 Å². The molecule has 4 nitrogen and oxygen atoms in total. The first kappa shape index (κ1) is 15.1. The van der Waals surface area contributed by atoms with Gasteiger partial charge in [-0.3, -0.25) is 9.48 Å². The number of hydrogen-bond acceptors (Lipinski definition) is 2. The fraction of sp³-hybridized carbons (Fsp3) is 0.286. The molecule has 7 heteroatoms. The maximum Gasteiger partial charge on any atom is 0.416 e. The Bertz CT molecular complexity index is 591. The number of amides is 1. The van der Waals surface area contributed by atoms with E-state index in [1.807, 2.05) is 0 Å². The van der Waals surface area contributed by atoms with E-state index in [1.54, 1.807) is 25.4 Å². The highest BCUT2D eigenvalue weighted by molar-refractivity contribution is 5.79. The van der Waals surface area contributed by atoms with Crippen LogP contribution in [0, 0.1) is 0 Å². The third kappa shape index (κ3) is 3.84. The molecule has 0 fully saturated rings. The monoisotopic (exact) mass is 297 g/mol. The number of benzene rings is 1. The maximum atomic E-state index is 12.4. The molecule has 112 valence electrons. The van der Waals surface area contributed by atoms with E-state index in [9.17, 15) is 18.0 Å². The molecule has 2 aromatic rings. The van der Waals surface area contributed by atoms with Gasteiger partial charge in [0.15, 0.2) is 0 Å². The topological polar surface area (TPSA) is 46.9 Å². The summed E-state index contributed by atoms with van der Waals surface area (Å²) in [4.78, 5) is 11.9. The predicted octanol–water partition coefficient (Wildman–Crippen LogP) is 2.78. The highest BCUT2D eigenvalue weighted by Crippen LogP contribution is 2.29. The van der Waals surface area contributed by atoms with Crippen molar-refractivity contribution >= 4 is 5.91 Å². The normalized spacial score (nSPS) is 13.0. The first-order valence-electron chi connectivity index (χ1n) is 6.31. The molecule has 1 aromatic heterocycles. The van der Waals surface area contributed by atoms with Crippen molar-refractivity contribution in [2.45, 2.75) is 25.7 Å². The molecule has 0 spiro atoms. The summed E-state index contributed by atoms with van der Waals surface area (Å²) < 4.78 is 38.8. The molecule has 0 aliphatic rings. The Kier molecular flexibility index (Phi) is 4.30. The summed E-state index contributed by atoms with van der Waals surface area (Å²) >= 11 is 0. The molecular formula is C14H14F3N3O. The van der Waals surface area contributed by atoms with Gasteiger partial charge in [-0.05, 0) is 30.7 Å². The number of aromatic nitrogens is 2. The van der Waals surface area contributed by atoms with Gasteiger partial charge in [-0.15, -0.1) is 0 Å². The number of carbonyl (C=O) groups is 1. The van der Waals surface area contributed by atoms with Gasteiger partial charge in [-0.2, -0.15) is 18.3 Å². The van der Waals surface area contributed by atoms with Crippen molar-refractivity contribution in [1.82, 2.24) is 15.1 Å². The van der Waals surface area contributed by atoms with Gasteiger partial charge < -0.3 is 5.32 Å². The summed E-state index contributed by atoms with van der Waals surface area (Å²) in [5.41, 5.74) is -0.105. The number of carbonyl (C=O) groups excluding carboxylic acids is 1. The van der Waals surface area contributed by atoms with Gasteiger partial charge in [0, 0.05) is 18.9 Å². The molecule has 2 rings (SSSR count). The third-order valence-corrected chi connectivity index (χ3v) is 3.05. The standard InChI is InChI=1S/C14H14F3N3O/c1-10(20-8-2-7-19-20)13(21)18-9-11-3-5-12(6-4-11)14(15,16)17/h2-8,10H,9H2,1H3,(H,18,21)/t10-/m0/s1. The minimum absolute atomic E-state index is 0.169. The van der Waals surface area contributed by atoms with Crippen LogP contribution in [0.15, 0.2) is 42.7 Å². The summed E-state index contributed by atoms with van der Waals surface area (Å²) in [6, 6.07) is 5.93. The Labute approximate surface area is 119 Å². The van der Waals surface area contributed by atoms with Crippen molar-refractivity contribution < 1.29 is 18.0 Å². The van der Waals surface area contributed by atoms with Gasteiger partial charge in [-0.1, -0.05) is 12.1 Å². The molecule has 1 atom stereocenters. The zero-order chi connectivity index (χ0) is 15.5. The second-order valence-corrected chi connectivity index (χ2v) is 4.57. The van der Waals surface area contributed by atoms with E-state index in [2.05, 4.69) is 10.4 Å². The van der Waals surface area contributed by atoms with Gasteiger partial charge in [0.05, 0.1) is 5.56 Å². The number of alkyl halides is 3. The Hall–Kier alpha value is -2.31. The predicted molar refractivity (Wildman–Crippen MR) is 70.2 cm³/mol. The fourth-order valence-corrected chi connectivity index (χ4v) is 1.78. The van der Waals surface area contributed by atoms with Crippen LogP contribution in [0.3, 0.4) is 0 Å². The Morgan fingerprint density at radius 2 is 2.00 bits per heavy atom. The second-order valence-electron chi connectivity index (χ2n) is 4.57. The Balaban J connectivity index is 1.92. The third-order valence-electron chi connectivity index (χ3n) is 3.05. The summed E-state index contributed by atoms with van der Waals surface area (Å²) in [5, 5.41) is 6.63. The molecule has 0 radical (unpaired) electrons. The van der Waals surface area contributed by atoms with Crippen molar-refractivity contribution in [3.8, 4) is 0 Å². The average molecular weight is 297 g/mol. The molecule has 0 aliphatic carbocycles. The summed E-state index contributed by atoms with van der Waals surface area (Å²) in [6.45, 7) is 1.86. The molecule has 0 unspecified atom stereocenters. The summed E-state index contributed by atoms with van der Waals surface area (Å²) in [7, 11) is 0. The van der Waals surface area contributed by atoms with Crippen LogP contribution in [0.2, 0.25) is 0 Å². The second kappa shape index (κ2) is 5.99. The minimum atomic E-state index is -4.35. The smallest absolute Gasteiger partial charge is 0.350 e. The van der Waals surface area contributed by atoms with E-state index < -0.39 is 17.8 Å². The molecule has 1 amide bonds. The molecule has 21 heavy (non-hydrogen) atoms. The molecule has 0 aliphatic heterocycles. The Morgan fingerprint density at radius 3 is 2.52 bits per heavy atom. The van der Waals surface area contributed by atoms with Crippen LogP contribution in [0.4, 0.5) is 13.2 Å². The van der Waals surface area contributed by atoms with Gasteiger partial charge in [0.25, 0.3) is 0 Å². The molecule has 0 bridgehead atoms. The number of hydrogen-bond donors (Lipinski definition) is 1. The quantitative estimate of drug-likeness (QED) is 0.943. The van der Waals surface area contributed by atoms with E-state index in [0.29, 0.717) is 5.56 Å². The largest absolute Gasteiger partial charge is 0.416 e. The Morgan fingerprint density at radius 1 is 1.33 bits per heavy atom. The number of nitrogens with one attached hydrogen (secondary N) is 1. The van der Waals surface area contributed by atoms with Crippen LogP contribution < -0.4 is 5.32 Å². The van der Waals surface area contributed by atoms with Crippen molar-refractivity contribution in [1.29, 1.82) is 0 Å². The van der Waals surface area contributed by atoms with Crippen molar-refractivity contribution in [3.05, 3.63) is 53.9 Å². The SMILES string of the molecule is C[C@@H](C(=O)NCc1ccc(C(F)(F)F)cc1)n1cccn1. The summed E-state index contributed by atoms with van der Waals surface area (Å²) in [6.07, 6.45) is -1.11. The zero-order valence-corrected chi connectivity index (χ0v) is 11.3. The van der Waals surface area contributed by atoms with E-state index >= 15 is 0 Å². The van der Waals surface area contributed by atoms with E-state index in [1.165, 1.54) is 16.8 Å². The molecule has 0 saturated heterocycles. The zero-order valence-electron chi connectivity index (χ0n) is 11.3. The molecule has 1 N–H and O–H groups in total. The number of nitrogens with zero attached hydrogens (tertiary/aromatic N) is 2. The van der Waals surface area contributed by atoms with Crippen LogP contribution in [0.5, 0.6) is 0 Å². The van der Waals surface area contributed by atoms with E-state index in [-0.39, 0.29) is 12.5 Å². The van der Waals surface area contributed by atoms with Gasteiger partial charge in [-0.25, -0.2) is 0 Å². The van der Waals surface area contributed by atoms with E-state index in [4.69, 9.17) is 0 Å². The molecule has 0 saturated carbocycles. The summed E-state index contributed by atoms with van der Waals surface area (Å²) in [5.74, 6) is -0.251. The van der Waals surface area contributed by atoms with Crippen LogP contribution >= 0.6 is 0 Å². The first-order valence-corrected chi connectivity index (χ1v) is 6.31. The maximum absolute atomic E-state index is 12.4.